The number of nitrogens with zero attached hydrogens (tertiary/aromatic N) is 2. The fraction of sp³-hybridized carbons (Fsp3) is 0.500. The number of hydrogen-bond acceptors (Lipinski definition) is 4. The second-order valence-corrected chi connectivity index (χ2v) is 6.77. The Kier molecular flexibility index (Phi) is 4.59. The van der Waals surface area contributed by atoms with Crippen LogP contribution in [0.1, 0.15) is 35.8 Å². The maximum Gasteiger partial charge on any atom is 0.226 e. The smallest absolute Gasteiger partial charge is 0.226 e. The third kappa shape index (κ3) is 3.23. The molecule has 1 saturated heterocycles. The first-order chi connectivity index (χ1) is 10.6. The highest BCUT2D eigenvalue weighted by Crippen LogP contribution is 2.34. The van der Waals surface area contributed by atoms with Gasteiger partial charge in [0.25, 0.3) is 0 Å². The first kappa shape index (κ1) is 15.2. The van der Waals surface area contributed by atoms with Gasteiger partial charge < -0.3 is 10.1 Å². The zero-order valence-corrected chi connectivity index (χ0v) is 13.7. The van der Waals surface area contributed by atoms with E-state index >= 15 is 0 Å². The Labute approximate surface area is 134 Å². The molecule has 0 aromatic carbocycles. The number of hydrogen-bond donors (Lipinski definition) is 1. The van der Waals surface area contributed by atoms with Crippen molar-refractivity contribution in [2.75, 3.05) is 13.2 Å². The molecule has 0 spiro atoms. The van der Waals surface area contributed by atoms with E-state index in [0.717, 1.165) is 12.0 Å². The summed E-state index contributed by atoms with van der Waals surface area (Å²) in [5.74, 6) is 0.289. The monoisotopic (exact) mass is 319 g/mol. The molecule has 1 fully saturated rings. The Morgan fingerprint density at radius 3 is 3.18 bits per heavy atom. The van der Waals surface area contributed by atoms with Crippen molar-refractivity contribution in [3.63, 3.8) is 0 Å². The van der Waals surface area contributed by atoms with Crippen molar-refractivity contribution < 1.29 is 9.53 Å². The van der Waals surface area contributed by atoms with Gasteiger partial charge in [-0.2, -0.15) is 5.10 Å². The van der Waals surface area contributed by atoms with Gasteiger partial charge in [-0.3, -0.25) is 9.48 Å². The summed E-state index contributed by atoms with van der Waals surface area (Å²) in [5, 5.41) is 9.32. The van der Waals surface area contributed by atoms with Crippen LogP contribution in [0.15, 0.2) is 29.9 Å². The lowest BCUT2D eigenvalue weighted by Crippen LogP contribution is -2.34. The average molecular weight is 319 g/mol. The number of rotatable bonds is 5. The van der Waals surface area contributed by atoms with Crippen molar-refractivity contribution in [2.24, 2.45) is 13.0 Å². The standard InChI is InChI=1S/C16H21N3O2S/c1-11(14-4-3-7-22-14)8-17-16(20)13-5-6-21-15(13)12-9-18-19(2)10-12/h3-4,7,9-11,13,15H,5-6,8H2,1-2H3,(H,17,20)/t11-,13-,15+/m0/s1. The van der Waals surface area contributed by atoms with Gasteiger partial charge in [-0.15, -0.1) is 11.3 Å². The summed E-state index contributed by atoms with van der Waals surface area (Å²) < 4.78 is 7.49. The van der Waals surface area contributed by atoms with E-state index in [1.54, 1.807) is 22.2 Å². The second kappa shape index (κ2) is 6.62. The number of carbonyl (C=O) groups excluding carboxylic acids is 1. The Bertz CT molecular complexity index is 623. The summed E-state index contributed by atoms with van der Waals surface area (Å²) in [6, 6.07) is 4.15. The van der Waals surface area contributed by atoms with E-state index in [1.165, 1.54) is 4.88 Å². The molecule has 0 bridgehead atoms. The molecule has 118 valence electrons. The van der Waals surface area contributed by atoms with Gasteiger partial charge in [0, 0.05) is 42.8 Å². The minimum Gasteiger partial charge on any atom is -0.373 e. The van der Waals surface area contributed by atoms with Crippen LogP contribution in [-0.4, -0.2) is 28.8 Å². The van der Waals surface area contributed by atoms with Crippen LogP contribution in [0.4, 0.5) is 0 Å². The average Bonchev–Trinajstić information content (AvgIpc) is 3.23. The summed E-state index contributed by atoms with van der Waals surface area (Å²) in [6.07, 6.45) is 4.29. The number of aromatic nitrogens is 2. The van der Waals surface area contributed by atoms with E-state index in [0.29, 0.717) is 19.1 Å². The highest BCUT2D eigenvalue weighted by Gasteiger charge is 2.35. The van der Waals surface area contributed by atoms with Crippen molar-refractivity contribution in [3.8, 4) is 0 Å². The molecule has 1 aliphatic rings. The lowest BCUT2D eigenvalue weighted by atomic mass is 9.96. The fourth-order valence-electron chi connectivity index (χ4n) is 2.83. The van der Waals surface area contributed by atoms with Crippen molar-refractivity contribution in [1.82, 2.24) is 15.1 Å². The molecule has 0 saturated carbocycles. The summed E-state index contributed by atoms with van der Waals surface area (Å²) in [7, 11) is 1.87. The number of ether oxygens (including phenoxy) is 1. The minimum atomic E-state index is -0.175. The summed E-state index contributed by atoms with van der Waals surface area (Å²) in [6.45, 7) is 3.42. The zero-order chi connectivity index (χ0) is 15.5. The van der Waals surface area contributed by atoms with Gasteiger partial charge in [-0.1, -0.05) is 13.0 Å². The summed E-state index contributed by atoms with van der Waals surface area (Å²) in [5.41, 5.74) is 0.978. The van der Waals surface area contributed by atoms with Gasteiger partial charge in [0.15, 0.2) is 0 Å². The molecular formula is C16H21N3O2S. The highest BCUT2D eigenvalue weighted by molar-refractivity contribution is 7.10. The predicted molar refractivity (Wildman–Crippen MR) is 85.8 cm³/mol. The molecule has 6 heteroatoms. The number of carbonyl (C=O) groups is 1. The van der Waals surface area contributed by atoms with Gasteiger partial charge in [0.2, 0.25) is 5.91 Å². The maximum atomic E-state index is 12.5. The Morgan fingerprint density at radius 2 is 2.50 bits per heavy atom. The third-order valence-electron chi connectivity index (χ3n) is 4.09. The predicted octanol–water partition coefficient (Wildman–Crippen LogP) is 2.48. The van der Waals surface area contributed by atoms with E-state index < -0.39 is 0 Å². The highest BCUT2D eigenvalue weighted by atomic mass is 32.1. The van der Waals surface area contributed by atoms with Crippen LogP contribution in [0.2, 0.25) is 0 Å². The van der Waals surface area contributed by atoms with Gasteiger partial charge in [0.1, 0.15) is 0 Å². The molecule has 0 aliphatic carbocycles. The van der Waals surface area contributed by atoms with Crippen LogP contribution in [0.25, 0.3) is 0 Å². The summed E-state index contributed by atoms with van der Waals surface area (Å²) >= 11 is 1.73. The second-order valence-electron chi connectivity index (χ2n) is 5.80. The van der Waals surface area contributed by atoms with E-state index in [-0.39, 0.29) is 17.9 Å². The third-order valence-corrected chi connectivity index (χ3v) is 5.20. The minimum absolute atomic E-state index is 0.0785. The van der Waals surface area contributed by atoms with Crippen LogP contribution in [-0.2, 0) is 16.6 Å². The van der Waals surface area contributed by atoms with Gasteiger partial charge >= 0.3 is 0 Å². The van der Waals surface area contributed by atoms with Gasteiger partial charge in [-0.05, 0) is 17.9 Å². The van der Waals surface area contributed by atoms with Crippen LogP contribution in [0.5, 0.6) is 0 Å². The quantitative estimate of drug-likeness (QED) is 0.921. The van der Waals surface area contributed by atoms with Crippen LogP contribution in [0.3, 0.4) is 0 Å². The van der Waals surface area contributed by atoms with Crippen LogP contribution < -0.4 is 5.32 Å². The lowest BCUT2D eigenvalue weighted by molar-refractivity contribution is -0.126. The first-order valence-corrected chi connectivity index (χ1v) is 8.44. The molecule has 5 nitrogen and oxygen atoms in total. The molecule has 1 aliphatic heterocycles. The zero-order valence-electron chi connectivity index (χ0n) is 12.9. The van der Waals surface area contributed by atoms with E-state index in [2.05, 4.69) is 28.8 Å². The normalized spacial score (nSPS) is 22.6. The summed E-state index contributed by atoms with van der Waals surface area (Å²) in [4.78, 5) is 13.8. The molecule has 0 radical (unpaired) electrons. The first-order valence-electron chi connectivity index (χ1n) is 7.56. The molecule has 22 heavy (non-hydrogen) atoms. The van der Waals surface area contributed by atoms with Crippen molar-refractivity contribution in [2.45, 2.75) is 25.4 Å². The van der Waals surface area contributed by atoms with E-state index in [1.807, 2.05) is 19.3 Å². The Balaban J connectivity index is 1.59. The molecule has 1 amide bonds. The molecule has 3 atom stereocenters. The fourth-order valence-corrected chi connectivity index (χ4v) is 3.62. The molecule has 0 unspecified atom stereocenters. The SMILES string of the molecule is C[C@@H](CNC(=O)[C@H]1CCO[C@@H]1c1cnn(C)c1)c1cccs1. The molecule has 3 heterocycles. The Morgan fingerprint density at radius 1 is 1.64 bits per heavy atom. The van der Waals surface area contributed by atoms with E-state index in [4.69, 9.17) is 4.74 Å². The van der Waals surface area contributed by atoms with Crippen LogP contribution >= 0.6 is 11.3 Å². The topological polar surface area (TPSA) is 56.1 Å². The molecule has 1 N–H and O–H groups in total. The maximum absolute atomic E-state index is 12.5. The number of nitrogens with one attached hydrogen (secondary N) is 1. The van der Waals surface area contributed by atoms with Crippen LogP contribution in [0, 0.1) is 5.92 Å². The molecular weight excluding hydrogens is 298 g/mol. The number of aryl methyl sites for hydroxylation is 1. The number of amides is 1. The van der Waals surface area contributed by atoms with Crippen molar-refractivity contribution >= 4 is 17.2 Å². The van der Waals surface area contributed by atoms with Gasteiger partial charge in [0.05, 0.1) is 18.2 Å². The largest absolute Gasteiger partial charge is 0.373 e. The molecule has 2 aromatic heterocycles. The Hall–Kier alpha value is -1.66. The molecule has 2 aromatic rings. The lowest BCUT2D eigenvalue weighted by Gasteiger charge is -2.18. The van der Waals surface area contributed by atoms with Crippen molar-refractivity contribution in [1.29, 1.82) is 0 Å². The van der Waals surface area contributed by atoms with E-state index in [9.17, 15) is 4.79 Å². The van der Waals surface area contributed by atoms with Crippen molar-refractivity contribution in [3.05, 3.63) is 40.3 Å². The number of thiophene rings is 1. The molecule has 3 rings (SSSR count). The van der Waals surface area contributed by atoms with Gasteiger partial charge in [-0.25, -0.2) is 0 Å².